The van der Waals surface area contributed by atoms with Gasteiger partial charge in [0, 0.05) is 12.5 Å². The van der Waals surface area contributed by atoms with Crippen LogP contribution in [0.1, 0.15) is 17.6 Å². The maximum Gasteiger partial charge on any atom is 0.249 e. The van der Waals surface area contributed by atoms with Crippen LogP contribution in [0.3, 0.4) is 0 Å². The highest BCUT2D eigenvalue weighted by atomic mass is 16.2. The fourth-order valence-corrected chi connectivity index (χ4v) is 1.74. The standard InChI is InChI=1S/C9H14N4O/c10-8-2-4-12-13(8)9(14)5-7-1-3-11-6-7/h2,4,7,11H,1,3,5-6,10H2. The molecule has 1 aromatic heterocycles. The Morgan fingerprint density at radius 3 is 3.21 bits per heavy atom. The quantitative estimate of drug-likeness (QED) is 0.700. The van der Waals surface area contributed by atoms with Crippen molar-refractivity contribution in [1.29, 1.82) is 0 Å². The molecule has 5 heteroatoms. The Hall–Kier alpha value is -1.36. The van der Waals surface area contributed by atoms with E-state index in [4.69, 9.17) is 5.73 Å². The molecule has 0 spiro atoms. The van der Waals surface area contributed by atoms with Crippen molar-refractivity contribution in [3.8, 4) is 0 Å². The Kier molecular flexibility index (Phi) is 2.49. The van der Waals surface area contributed by atoms with Crippen molar-refractivity contribution in [3.05, 3.63) is 12.3 Å². The second kappa shape index (κ2) is 3.79. The highest BCUT2D eigenvalue weighted by Crippen LogP contribution is 2.14. The summed E-state index contributed by atoms with van der Waals surface area (Å²) in [6.45, 7) is 1.93. The summed E-state index contributed by atoms with van der Waals surface area (Å²) < 4.78 is 1.28. The molecule has 2 rings (SSSR count). The summed E-state index contributed by atoms with van der Waals surface area (Å²) in [6.07, 6.45) is 3.13. The first-order chi connectivity index (χ1) is 6.77. The van der Waals surface area contributed by atoms with Gasteiger partial charge in [-0.05, 0) is 25.4 Å². The third kappa shape index (κ3) is 1.77. The number of rotatable bonds is 2. The molecule has 2 heterocycles. The topological polar surface area (TPSA) is 72.9 Å². The van der Waals surface area contributed by atoms with E-state index in [2.05, 4.69) is 10.4 Å². The predicted octanol–water partition coefficient (Wildman–Crippen LogP) is 0.105. The zero-order valence-electron chi connectivity index (χ0n) is 7.94. The van der Waals surface area contributed by atoms with E-state index in [-0.39, 0.29) is 5.91 Å². The Labute approximate surface area is 82.3 Å². The largest absolute Gasteiger partial charge is 0.383 e. The average molecular weight is 194 g/mol. The van der Waals surface area contributed by atoms with Gasteiger partial charge in [-0.1, -0.05) is 0 Å². The van der Waals surface area contributed by atoms with Gasteiger partial charge in [-0.15, -0.1) is 0 Å². The van der Waals surface area contributed by atoms with Gasteiger partial charge in [0.2, 0.25) is 5.91 Å². The number of hydrogen-bond donors (Lipinski definition) is 2. The minimum atomic E-state index is -0.0128. The molecular formula is C9H14N4O. The van der Waals surface area contributed by atoms with Crippen LogP contribution in [0.2, 0.25) is 0 Å². The minimum Gasteiger partial charge on any atom is -0.383 e. The first-order valence-electron chi connectivity index (χ1n) is 4.81. The maximum absolute atomic E-state index is 11.7. The molecule has 0 saturated carbocycles. The molecule has 14 heavy (non-hydrogen) atoms. The second-order valence-electron chi connectivity index (χ2n) is 3.62. The van der Waals surface area contributed by atoms with Crippen molar-refractivity contribution >= 4 is 11.7 Å². The van der Waals surface area contributed by atoms with Crippen molar-refractivity contribution in [2.45, 2.75) is 12.8 Å². The van der Waals surface area contributed by atoms with Gasteiger partial charge >= 0.3 is 0 Å². The zero-order valence-corrected chi connectivity index (χ0v) is 7.94. The molecule has 1 aliphatic heterocycles. The second-order valence-corrected chi connectivity index (χ2v) is 3.62. The van der Waals surface area contributed by atoms with Crippen LogP contribution in [0.5, 0.6) is 0 Å². The fourth-order valence-electron chi connectivity index (χ4n) is 1.74. The third-order valence-electron chi connectivity index (χ3n) is 2.53. The van der Waals surface area contributed by atoms with Crippen LogP contribution in [0, 0.1) is 5.92 Å². The predicted molar refractivity (Wildman–Crippen MR) is 52.9 cm³/mol. The number of nitrogens with two attached hydrogens (primary N) is 1. The lowest BCUT2D eigenvalue weighted by Crippen LogP contribution is -2.19. The van der Waals surface area contributed by atoms with Crippen molar-refractivity contribution in [3.63, 3.8) is 0 Å². The van der Waals surface area contributed by atoms with E-state index in [9.17, 15) is 4.79 Å². The van der Waals surface area contributed by atoms with Gasteiger partial charge in [0.1, 0.15) is 5.82 Å². The smallest absolute Gasteiger partial charge is 0.249 e. The number of carbonyl (C=O) groups is 1. The Morgan fingerprint density at radius 1 is 1.79 bits per heavy atom. The molecule has 1 aromatic rings. The van der Waals surface area contributed by atoms with Crippen molar-refractivity contribution < 1.29 is 4.79 Å². The van der Waals surface area contributed by atoms with E-state index >= 15 is 0 Å². The number of anilines is 1. The molecule has 1 atom stereocenters. The van der Waals surface area contributed by atoms with Crippen LogP contribution in [-0.2, 0) is 0 Å². The number of nitrogens with one attached hydrogen (secondary N) is 1. The van der Waals surface area contributed by atoms with E-state index in [1.54, 1.807) is 12.3 Å². The van der Waals surface area contributed by atoms with Crippen LogP contribution in [0.25, 0.3) is 0 Å². The molecule has 0 bridgehead atoms. The zero-order chi connectivity index (χ0) is 9.97. The molecule has 3 N–H and O–H groups in total. The van der Waals surface area contributed by atoms with Crippen LogP contribution in [0.15, 0.2) is 12.3 Å². The highest BCUT2D eigenvalue weighted by molar-refractivity contribution is 5.81. The first kappa shape index (κ1) is 9.21. The van der Waals surface area contributed by atoms with Crippen LogP contribution >= 0.6 is 0 Å². The average Bonchev–Trinajstić information content (AvgIpc) is 2.75. The summed E-state index contributed by atoms with van der Waals surface area (Å²) in [5, 5.41) is 7.10. The molecule has 5 nitrogen and oxygen atoms in total. The van der Waals surface area contributed by atoms with Gasteiger partial charge in [-0.2, -0.15) is 9.78 Å². The van der Waals surface area contributed by atoms with Crippen LogP contribution in [-0.4, -0.2) is 28.8 Å². The lowest BCUT2D eigenvalue weighted by molar-refractivity contribution is 0.0870. The van der Waals surface area contributed by atoms with Gasteiger partial charge in [0.15, 0.2) is 0 Å². The summed E-state index contributed by atoms with van der Waals surface area (Å²) in [5.41, 5.74) is 5.58. The molecule has 1 unspecified atom stereocenters. The first-order valence-corrected chi connectivity index (χ1v) is 4.81. The Bertz CT molecular complexity index is 327. The molecule has 1 saturated heterocycles. The Balaban J connectivity index is 1.98. The van der Waals surface area contributed by atoms with Crippen molar-refractivity contribution in [1.82, 2.24) is 15.1 Å². The van der Waals surface area contributed by atoms with Gasteiger partial charge in [0.05, 0.1) is 6.20 Å². The van der Waals surface area contributed by atoms with Gasteiger partial charge < -0.3 is 11.1 Å². The number of nitrogen functional groups attached to an aromatic ring is 1. The molecule has 0 aromatic carbocycles. The molecule has 1 fully saturated rings. The molecule has 1 aliphatic rings. The van der Waals surface area contributed by atoms with Gasteiger partial charge in [-0.25, -0.2) is 0 Å². The lowest BCUT2D eigenvalue weighted by Gasteiger charge is -2.07. The van der Waals surface area contributed by atoms with E-state index in [1.165, 1.54) is 4.68 Å². The number of carbonyl (C=O) groups excluding carboxylic acids is 1. The summed E-state index contributed by atoms with van der Waals surface area (Å²) >= 11 is 0. The van der Waals surface area contributed by atoms with Crippen molar-refractivity contribution in [2.75, 3.05) is 18.8 Å². The van der Waals surface area contributed by atoms with Crippen molar-refractivity contribution in [2.24, 2.45) is 5.92 Å². The number of hydrogen-bond acceptors (Lipinski definition) is 4. The number of aromatic nitrogens is 2. The summed E-state index contributed by atoms with van der Waals surface area (Å²) in [7, 11) is 0. The lowest BCUT2D eigenvalue weighted by atomic mass is 10.1. The SMILES string of the molecule is Nc1ccnn1C(=O)CC1CCNC1. The number of nitrogens with zero attached hydrogens (tertiary/aromatic N) is 2. The summed E-state index contributed by atoms with van der Waals surface area (Å²) in [5.74, 6) is 0.841. The molecule has 76 valence electrons. The van der Waals surface area contributed by atoms with E-state index in [0.717, 1.165) is 19.5 Å². The fraction of sp³-hybridized carbons (Fsp3) is 0.556. The maximum atomic E-state index is 11.7. The normalized spacial score (nSPS) is 21.3. The molecular weight excluding hydrogens is 180 g/mol. The summed E-state index contributed by atoms with van der Waals surface area (Å²) in [4.78, 5) is 11.7. The van der Waals surface area contributed by atoms with Crippen LogP contribution < -0.4 is 11.1 Å². The van der Waals surface area contributed by atoms with Gasteiger partial charge in [0.25, 0.3) is 0 Å². The minimum absolute atomic E-state index is 0.0128. The van der Waals surface area contributed by atoms with E-state index in [1.807, 2.05) is 0 Å². The Morgan fingerprint density at radius 2 is 2.64 bits per heavy atom. The van der Waals surface area contributed by atoms with E-state index in [0.29, 0.717) is 18.2 Å². The molecule has 0 aliphatic carbocycles. The van der Waals surface area contributed by atoms with Crippen LogP contribution in [0.4, 0.5) is 5.82 Å². The third-order valence-corrected chi connectivity index (χ3v) is 2.53. The molecule has 0 radical (unpaired) electrons. The summed E-state index contributed by atoms with van der Waals surface area (Å²) in [6, 6.07) is 1.63. The molecule has 0 amide bonds. The monoisotopic (exact) mass is 194 g/mol. The van der Waals surface area contributed by atoms with Gasteiger partial charge in [-0.3, -0.25) is 4.79 Å². The van der Waals surface area contributed by atoms with E-state index < -0.39 is 0 Å². The highest BCUT2D eigenvalue weighted by Gasteiger charge is 2.19.